The summed E-state index contributed by atoms with van der Waals surface area (Å²) in [6.07, 6.45) is 1.56. The highest BCUT2D eigenvalue weighted by molar-refractivity contribution is 5.96. The van der Waals surface area contributed by atoms with E-state index in [0.29, 0.717) is 25.2 Å². The van der Waals surface area contributed by atoms with Crippen molar-refractivity contribution in [2.24, 2.45) is 11.7 Å². The number of carbonyl (C=O) groups is 2. The van der Waals surface area contributed by atoms with Crippen molar-refractivity contribution in [2.45, 2.75) is 33.2 Å². The maximum Gasteiger partial charge on any atom is 0.257 e. The minimum Gasteiger partial charge on any atom is -0.369 e. The molecular weight excluding hydrogens is 316 g/mol. The second kappa shape index (κ2) is 7.09. The molecule has 2 heterocycles. The molecule has 0 bridgehead atoms. The number of piperidine rings is 1. The SMILES string of the molecule is Cc1nn(Cc2ccccc2)c(C)c1C(=O)N1CCCC(C(N)=O)C1. The Morgan fingerprint density at radius 1 is 1.24 bits per heavy atom. The summed E-state index contributed by atoms with van der Waals surface area (Å²) in [5.74, 6) is -0.636. The average molecular weight is 340 g/mol. The van der Waals surface area contributed by atoms with Crippen molar-refractivity contribution in [3.05, 3.63) is 52.8 Å². The molecule has 0 radical (unpaired) electrons. The predicted molar refractivity (Wildman–Crippen MR) is 95.1 cm³/mol. The van der Waals surface area contributed by atoms with E-state index in [4.69, 9.17) is 5.73 Å². The molecule has 1 aliphatic heterocycles. The molecule has 1 aromatic carbocycles. The first-order chi connectivity index (χ1) is 12.0. The van der Waals surface area contributed by atoms with Gasteiger partial charge in [-0.25, -0.2) is 0 Å². The minimum atomic E-state index is -0.328. The Morgan fingerprint density at radius 2 is 1.96 bits per heavy atom. The monoisotopic (exact) mass is 340 g/mol. The Balaban J connectivity index is 1.82. The summed E-state index contributed by atoms with van der Waals surface area (Å²) in [6.45, 7) is 5.47. The maximum atomic E-state index is 13.0. The van der Waals surface area contributed by atoms with Crippen molar-refractivity contribution in [3.63, 3.8) is 0 Å². The van der Waals surface area contributed by atoms with Crippen LogP contribution in [0.25, 0.3) is 0 Å². The molecule has 1 saturated heterocycles. The molecule has 3 rings (SSSR count). The smallest absolute Gasteiger partial charge is 0.257 e. The summed E-state index contributed by atoms with van der Waals surface area (Å²) in [4.78, 5) is 26.2. The van der Waals surface area contributed by atoms with Crippen molar-refractivity contribution in [1.82, 2.24) is 14.7 Å². The molecule has 2 N–H and O–H groups in total. The van der Waals surface area contributed by atoms with Gasteiger partial charge >= 0.3 is 0 Å². The Morgan fingerprint density at radius 3 is 2.64 bits per heavy atom. The predicted octanol–water partition coefficient (Wildman–Crippen LogP) is 1.89. The molecule has 6 nitrogen and oxygen atoms in total. The lowest BCUT2D eigenvalue weighted by molar-refractivity contribution is -0.123. The third-order valence-corrected chi connectivity index (χ3v) is 4.88. The summed E-state index contributed by atoms with van der Waals surface area (Å²) < 4.78 is 1.87. The first kappa shape index (κ1) is 17.2. The van der Waals surface area contributed by atoms with E-state index in [1.165, 1.54) is 0 Å². The molecule has 0 aliphatic carbocycles. The second-order valence-electron chi connectivity index (χ2n) is 6.68. The lowest BCUT2D eigenvalue weighted by Crippen LogP contribution is -2.44. The average Bonchev–Trinajstić information content (AvgIpc) is 2.89. The Bertz CT molecular complexity index is 782. The minimum absolute atomic E-state index is 0.0553. The van der Waals surface area contributed by atoms with Crippen LogP contribution in [0.5, 0.6) is 0 Å². The van der Waals surface area contributed by atoms with Gasteiger partial charge in [-0.2, -0.15) is 5.10 Å². The van der Waals surface area contributed by atoms with E-state index in [2.05, 4.69) is 5.10 Å². The third-order valence-electron chi connectivity index (χ3n) is 4.88. The number of rotatable bonds is 4. The number of benzene rings is 1. The standard InChI is InChI=1S/C19H24N4O2/c1-13-17(19(25)22-10-6-9-16(12-22)18(20)24)14(2)23(21-13)11-15-7-4-3-5-8-15/h3-5,7-8,16H,6,9-12H2,1-2H3,(H2,20,24). The fourth-order valence-corrected chi connectivity index (χ4v) is 3.47. The molecule has 1 atom stereocenters. The largest absolute Gasteiger partial charge is 0.369 e. The van der Waals surface area contributed by atoms with Crippen LogP contribution in [0.4, 0.5) is 0 Å². The van der Waals surface area contributed by atoms with Crippen molar-refractivity contribution < 1.29 is 9.59 Å². The van der Waals surface area contributed by atoms with E-state index < -0.39 is 0 Å². The van der Waals surface area contributed by atoms with Crippen LogP contribution in [0, 0.1) is 19.8 Å². The third kappa shape index (κ3) is 3.57. The number of nitrogens with two attached hydrogens (primary N) is 1. The van der Waals surface area contributed by atoms with Gasteiger partial charge in [-0.05, 0) is 32.3 Å². The molecule has 2 aromatic rings. The lowest BCUT2D eigenvalue weighted by Gasteiger charge is -2.31. The Hall–Kier alpha value is -2.63. The van der Waals surface area contributed by atoms with Crippen LogP contribution in [0.15, 0.2) is 30.3 Å². The van der Waals surface area contributed by atoms with E-state index in [1.54, 1.807) is 4.90 Å². The zero-order valence-corrected chi connectivity index (χ0v) is 14.7. The van der Waals surface area contributed by atoms with Gasteiger partial charge in [-0.15, -0.1) is 0 Å². The van der Waals surface area contributed by atoms with Crippen LogP contribution in [0.2, 0.25) is 0 Å². The molecule has 1 fully saturated rings. The first-order valence-corrected chi connectivity index (χ1v) is 8.64. The molecule has 2 amide bonds. The number of amides is 2. The highest BCUT2D eigenvalue weighted by atomic mass is 16.2. The van der Waals surface area contributed by atoms with Gasteiger partial charge < -0.3 is 10.6 Å². The van der Waals surface area contributed by atoms with Crippen molar-refractivity contribution in [2.75, 3.05) is 13.1 Å². The number of primary amides is 1. The summed E-state index contributed by atoms with van der Waals surface area (Å²) in [5, 5.41) is 4.55. The Labute approximate surface area is 147 Å². The van der Waals surface area contributed by atoms with E-state index in [1.807, 2.05) is 48.9 Å². The van der Waals surface area contributed by atoms with E-state index >= 15 is 0 Å². The number of likely N-dealkylation sites (tertiary alicyclic amines) is 1. The quantitative estimate of drug-likeness (QED) is 0.923. The van der Waals surface area contributed by atoms with Gasteiger partial charge in [-0.3, -0.25) is 14.3 Å². The van der Waals surface area contributed by atoms with Gasteiger partial charge in [0.25, 0.3) is 5.91 Å². The maximum absolute atomic E-state index is 13.0. The number of hydrogen-bond donors (Lipinski definition) is 1. The van der Waals surface area contributed by atoms with Crippen LogP contribution in [-0.2, 0) is 11.3 Å². The van der Waals surface area contributed by atoms with Crippen LogP contribution >= 0.6 is 0 Å². The van der Waals surface area contributed by atoms with Crippen LogP contribution in [0.3, 0.4) is 0 Å². The molecule has 1 aliphatic rings. The summed E-state index contributed by atoms with van der Waals surface area (Å²) >= 11 is 0. The summed E-state index contributed by atoms with van der Waals surface area (Å²) in [7, 11) is 0. The second-order valence-corrected chi connectivity index (χ2v) is 6.68. The number of hydrogen-bond acceptors (Lipinski definition) is 3. The summed E-state index contributed by atoms with van der Waals surface area (Å²) in [5.41, 5.74) is 8.78. The highest BCUT2D eigenvalue weighted by Crippen LogP contribution is 2.22. The van der Waals surface area contributed by atoms with E-state index in [0.717, 1.165) is 29.8 Å². The zero-order chi connectivity index (χ0) is 18.0. The molecule has 1 aromatic heterocycles. The molecule has 1 unspecified atom stereocenters. The van der Waals surface area contributed by atoms with Crippen molar-refractivity contribution in [3.8, 4) is 0 Å². The topological polar surface area (TPSA) is 81.2 Å². The molecule has 0 saturated carbocycles. The van der Waals surface area contributed by atoms with Gasteiger partial charge in [0.1, 0.15) is 0 Å². The molecule has 0 spiro atoms. The number of aryl methyl sites for hydroxylation is 1. The van der Waals surface area contributed by atoms with Crippen LogP contribution in [0.1, 0.15) is 40.2 Å². The van der Waals surface area contributed by atoms with Gasteiger partial charge in [0.2, 0.25) is 5.91 Å². The number of aromatic nitrogens is 2. The van der Waals surface area contributed by atoms with Crippen molar-refractivity contribution in [1.29, 1.82) is 0 Å². The molecule has 25 heavy (non-hydrogen) atoms. The van der Waals surface area contributed by atoms with Crippen LogP contribution < -0.4 is 5.73 Å². The fourth-order valence-electron chi connectivity index (χ4n) is 3.47. The van der Waals surface area contributed by atoms with Crippen LogP contribution in [-0.4, -0.2) is 39.6 Å². The fraction of sp³-hybridized carbons (Fsp3) is 0.421. The number of nitrogens with zero attached hydrogens (tertiary/aromatic N) is 3. The van der Waals surface area contributed by atoms with Gasteiger partial charge in [0.05, 0.1) is 23.7 Å². The molecule has 132 valence electrons. The lowest BCUT2D eigenvalue weighted by atomic mass is 9.96. The summed E-state index contributed by atoms with van der Waals surface area (Å²) in [6, 6.07) is 10.0. The Kier molecular flexibility index (Phi) is 4.88. The molecular formula is C19H24N4O2. The van der Waals surface area contributed by atoms with Gasteiger partial charge in [0.15, 0.2) is 0 Å². The van der Waals surface area contributed by atoms with E-state index in [-0.39, 0.29) is 17.7 Å². The molecule has 6 heteroatoms. The van der Waals surface area contributed by atoms with Crippen molar-refractivity contribution >= 4 is 11.8 Å². The number of carbonyl (C=O) groups excluding carboxylic acids is 2. The van der Waals surface area contributed by atoms with Gasteiger partial charge in [0, 0.05) is 18.8 Å². The zero-order valence-electron chi connectivity index (χ0n) is 14.7. The van der Waals surface area contributed by atoms with E-state index in [9.17, 15) is 9.59 Å². The highest BCUT2D eigenvalue weighted by Gasteiger charge is 2.30. The normalized spacial score (nSPS) is 17.5. The first-order valence-electron chi connectivity index (χ1n) is 8.64. The van der Waals surface area contributed by atoms with Gasteiger partial charge in [-0.1, -0.05) is 30.3 Å².